The monoisotopic (exact) mass is 627 g/mol. The van der Waals surface area contributed by atoms with E-state index >= 15 is 0 Å². The van der Waals surface area contributed by atoms with Crippen LogP contribution in [0.15, 0.2) is 0 Å². The molecule has 0 rings (SSSR count). The van der Waals surface area contributed by atoms with E-state index in [0.717, 1.165) is 35.5 Å². The van der Waals surface area contributed by atoms with Crippen molar-refractivity contribution < 1.29 is 0 Å². The SMILES string of the molecule is CC(C)CCCCC(C)C.CC(C)CCCCCC(C)C.CC(C)CCCCN(C)C(C)C.CC(C)CCCN(C)C(C)C. The first kappa shape index (κ1) is 50.8. The van der Waals surface area contributed by atoms with Gasteiger partial charge in [0.1, 0.15) is 0 Å². The average Bonchev–Trinajstić information content (AvgIpc) is 2.89. The van der Waals surface area contributed by atoms with Crippen molar-refractivity contribution in [1.82, 2.24) is 9.80 Å². The summed E-state index contributed by atoms with van der Waals surface area (Å²) < 4.78 is 0. The number of hydrogen-bond acceptors (Lipinski definition) is 2. The van der Waals surface area contributed by atoms with Gasteiger partial charge in [-0.1, -0.05) is 154 Å². The second-order valence-electron chi connectivity index (χ2n) is 17.1. The Morgan fingerprint density at radius 2 is 0.477 bits per heavy atom. The van der Waals surface area contributed by atoms with E-state index in [-0.39, 0.29) is 0 Å². The molecule has 0 saturated carbocycles. The lowest BCUT2D eigenvalue weighted by atomic mass is 10.0. The zero-order valence-electron chi connectivity index (χ0n) is 34.8. The van der Waals surface area contributed by atoms with E-state index in [9.17, 15) is 0 Å². The third-order valence-electron chi connectivity index (χ3n) is 8.47. The molecule has 0 N–H and O–H groups in total. The second kappa shape index (κ2) is 35.8. The Labute approximate surface area is 284 Å². The van der Waals surface area contributed by atoms with E-state index in [2.05, 4.69) is 135 Å². The normalized spacial score (nSPS) is 11.7. The molecule has 2 nitrogen and oxygen atoms in total. The molecule has 2 heteroatoms. The first-order valence-electron chi connectivity index (χ1n) is 19.7. The average molecular weight is 627 g/mol. The van der Waals surface area contributed by atoms with Gasteiger partial charge in [-0.15, -0.1) is 0 Å². The van der Waals surface area contributed by atoms with Crippen LogP contribution in [0.5, 0.6) is 0 Å². The minimum atomic E-state index is 0.696. The fourth-order valence-corrected chi connectivity index (χ4v) is 4.57. The lowest BCUT2D eigenvalue weighted by molar-refractivity contribution is 0.263. The van der Waals surface area contributed by atoms with Gasteiger partial charge in [-0.05, 0) is 110 Å². The second-order valence-corrected chi connectivity index (χ2v) is 17.1. The molecule has 0 aliphatic heterocycles. The number of nitrogens with zero attached hydrogens (tertiary/aromatic N) is 2. The smallest absolute Gasteiger partial charge is 0.00355 e. The number of rotatable bonds is 22. The van der Waals surface area contributed by atoms with Gasteiger partial charge in [-0.25, -0.2) is 0 Å². The van der Waals surface area contributed by atoms with Gasteiger partial charge >= 0.3 is 0 Å². The summed E-state index contributed by atoms with van der Waals surface area (Å²) in [5.41, 5.74) is 0. The van der Waals surface area contributed by atoms with E-state index in [0.29, 0.717) is 12.1 Å². The van der Waals surface area contributed by atoms with E-state index < -0.39 is 0 Å². The molecular formula is C42H94N2. The molecule has 0 aliphatic carbocycles. The zero-order chi connectivity index (χ0) is 35.1. The van der Waals surface area contributed by atoms with Gasteiger partial charge in [-0.3, -0.25) is 0 Å². The molecule has 0 aliphatic rings. The molecule has 44 heavy (non-hydrogen) atoms. The van der Waals surface area contributed by atoms with Crippen LogP contribution in [-0.2, 0) is 0 Å². The highest BCUT2D eigenvalue weighted by Gasteiger charge is 2.03. The summed E-state index contributed by atoms with van der Waals surface area (Å²) in [4.78, 5) is 4.82. The minimum absolute atomic E-state index is 0.696. The quantitative estimate of drug-likeness (QED) is 0.110. The highest BCUT2D eigenvalue weighted by molar-refractivity contribution is 4.58. The zero-order valence-corrected chi connectivity index (χ0v) is 34.8. The molecule has 0 aromatic rings. The molecule has 0 unspecified atom stereocenters. The van der Waals surface area contributed by atoms with Gasteiger partial charge in [0.2, 0.25) is 0 Å². The molecule has 0 fully saturated rings. The highest BCUT2D eigenvalue weighted by Crippen LogP contribution is 2.13. The van der Waals surface area contributed by atoms with Gasteiger partial charge in [0, 0.05) is 12.1 Å². The topological polar surface area (TPSA) is 6.48 Å². The van der Waals surface area contributed by atoms with Crippen molar-refractivity contribution in [2.24, 2.45) is 35.5 Å². The minimum Gasteiger partial charge on any atom is -0.304 e. The molecule has 0 aromatic heterocycles. The van der Waals surface area contributed by atoms with Gasteiger partial charge in [0.15, 0.2) is 0 Å². The van der Waals surface area contributed by atoms with Crippen LogP contribution in [0, 0.1) is 35.5 Å². The first-order chi connectivity index (χ1) is 20.3. The maximum Gasteiger partial charge on any atom is 0.00355 e. The van der Waals surface area contributed by atoms with E-state index in [4.69, 9.17) is 0 Å². The summed E-state index contributed by atoms with van der Waals surface area (Å²) >= 11 is 0. The Morgan fingerprint density at radius 3 is 0.727 bits per heavy atom. The van der Waals surface area contributed by atoms with Crippen LogP contribution in [0.3, 0.4) is 0 Å². The van der Waals surface area contributed by atoms with Crippen molar-refractivity contribution in [3.05, 3.63) is 0 Å². The molecule has 0 bridgehead atoms. The van der Waals surface area contributed by atoms with Crippen LogP contribution < -0.4 is 0 Å². The standard InChI is InChI=1S/C11H25N.C11H24.C10H23N.C10H22/c1-10(2)8-6-7-9-12(5)11(3)4;1-10(2)8-6-5-7-9-11(3)4;1-9(2)7-6-8-11(5)10(3)4;1-9(2)7-5-6-8-10(3)4/h10-11H,6-9H2,1-5H3;10-11H,5-9H2,1-4H3;9-10H,6-8H2,1-5H3;9-10H,5-8H2,1-4H3. The molecule has 0 heterocycles. The molecule has 0 spiro atoms. The fourth-order valence-electron chi connectivity index (χ4n) is 4.57. The Hall–Kier alpha value is -0.0800. The fraction of sp³-hybridized carbons (Fsp3) is 1.00. The Kier molecular flexibility index (Phi) is 41.3. The van der Waals surface area contributed by atoms with Crippen LogP contribution in [0.4, 0.5) is 0 Å². The first-order valence-corrected chi connectivity index (χ1v) is 19.7. The van der Waals surface area contributed by atoms with Gasteiger partial charge < -0.3 is 9.80 Å². The molecule has 272 valence electrons. The van der Waals surface area contributed by atoms with Crippen molar-refractivity contribution in [3.8, 4) is 0 Å². The molecule has 0 atom stereocenters. The largest absolute Gasteiger partial charge is 0.304 e. The Bertz CT molecular complexity index is 484. The third kappa shape index (κ3) is 54.4. The van der Waals surface area contributed by atoms with Crippen molar-refractivity contribution in [1.29, 1.82) is 0 Å². The molecular weight excluding hydrogens is 532 g/mol. The predicted octanol–water partition coefficient (Wildman–Crippen LogP) is 14.0. The van der Waals surface area contributed by atoms with Crippen LogP contribution in [0.1, 0.15) is 201 Å². The summed E-state index contributed by atoms with van der Waals surface area (Å²) in [6, 6.07) is 1.39. The Balaban J connectivity index is -0.000000243. The summed E-state index contributed by atoms with van der Waals surface area (Å²) in [5, 5.41) is 0. The highest BCUT2D eigenvalue weighted by atomic mass is 15.1. The summed E-state index contributed by atoms with van der Waals surface area (Å²) in [6.07, 6.45) is 19.6. The molecule has 0 radical (unpaired) electrons. The summed E-state index contributed by atoms with van der Waals surface area (Å²) in [7, 11) is 4.41. The number of hydrogen-bond donors (Lipinski definition) is 0. The maximum atomic E-state index is 2.42. The molecule has 0 amide bonds. The summed E-state index contributed by atoms with van der Waals surface area (Å²) in [5.74, 6) is 5.31. The van der Waals surface area contributed by atoms with Crippen molar-refractivity contribution in [3.63, 3.8) is 0 Å². The van der Waals surface area contributed by atoms with Gasteiger partial charge in [0.05, 0.1) is 0 Å². The molecule has 0 saturated heterocycles. The lowest BCUT2D eigenvalue weighted by Crippen LogP contribution is -2.27. The maximum absolute atomic E-state index is 2.42. The Morgan fingerprint density at radius 1 is 0.273 bits per heavy atom. The summed E-state index contributed by atoms with van der Waals surface area (Å²) in [6.45, 7) is 39.1. The van der Waals surface area contributed by atoms with Gasteiger partial charge in [0.25, 0.3) is 0 Å². The lowest BCUT2D eigenvalue weighted by Gasteiger charge is -2.21. The van der Waals surface area contributed by atoms with Crippen molar-refractivity contribution >= 4 is 0 Å². The van der Waals surface area contributed by atoms with E-state index in [1.54, 1.807) is 0 Å². The van der Waals surface area contributed by atoms with Crippen molar-refractivity contribution in [2.45, 2.75) is 213 Å². The van der Waals surface area contributed by atoms with Gasteiger partial charge in [-0.2, -0.15) is 0 Å². The number of unbranched alkanes of at least 4 members (excludes halogenated alkanes) is 4. The predicted molar refractivity (Wildman–Crippen MR) is 209 cm³/mol. The molecule has 0 aromatic carbocycles. The van der Waals surface area contributed by atoms with Crippen LogP contribution in [0.2, 0.25) is 0 Å². The van der Waals surface area contributed by atoms with Crippen molar-refractivity contribution in [2.75, 3.05) is 27.2 Å². The van der Waals surface area contributed by atoms with Crippen LogP contribution in [0.25, 0.3) is 0 Å². The van der Waals surface area contributed by atoms with Crippen LogP contribution >= 0.6 is 0 Å². The third-order valence-corrected chi connectivity index (χ3v) is 8.47. The van der Waals surface area contributed by atoms with E-state index in [1.165, 1.54) is 103 Å². The van der Waals surface area contributed by atoms with Crippen LogP contribution in [-0.4, -0.2) is 49.1 Å². The van der Waals surface area contributed by atoms with E-state index in [1.807, 2.05) is 0 Å².